The average molecular weight is 299 g/mol. The maximum Gasteiger partial charge on any atom is 0.106 e. The fourth-order valence-electron chi connectivity index (χ4n) is 1.86. The summed E-state index contributed by atoms with van der Waals surface area (Å²) in [7, 11) is 1.60. The van der Waals surface area contributed by atoms with E-state index in [-0.39, 0.29) is 12.7 Å². The van der Waals surface area contributed by atoms with Gasteiger partial charge in [0.05, 0.1) is 30.3 Å². The molecule has 0 saturated carbocycles. The number of rotatable bonds is 4. The van der Waals surface area contributed by atoms with E-state index >= 15 is 0 Å². The Balaban J connectivity index is 2.44. The number of aryl methyl sites for hydroxylation is 1. The normalized spacial score (nSPS) is 13.2. The molecule has 0 aliphatic rings. The highest BCUT2D eigenvalue weighted by atomic mass is 79.9. The van der Waals surface area contributed by atoms with E-state index in [2.05, 4.69) is 25.5 Å². The highest BCUT2D eigenvalue weighted by Crippen LogP contribution is 2.21. The molecule has 0 spiro atoms. The second-order valence-corrected chi connectivity index (χ2v) is 4.86. The summed E-state index contributed by atoms with van der Waals surface area (Å²) in [6, 6.07) is 5.97. The predicted molar refractivity (Wildman–Crippen MR) is 70.1 cm³/mol. The molecule has 0 aliphatic carbocycles. The topological polar surface area (TPSA) is 47.3 Å². The first kappa shape index (κ1) is 12.5. The molecule has 1 N–H and O–H groups in total. The monoisotopic (exact) mass is 298 g/mol. The zero-order chi connectivity index (χ0) is 12.4. The molecule has 0 saturated heterocycles. The van der Waals surface area contributed by atoms with Crippen LogP contribution >= 0.6 is 15.9 Å². The van der Waals surface area contributed by atoms with Crippen LogP contribution in [0.5, 0.6) is 0 Å². The maximum atomic E-state index is 9.17. The summed E-state index contributed by atoms with van der Waals surface area (Å²) in [6.07, 6.45) is -0.204. The Morgan fingerprint density at radius 1 is 1.53 bits per heavy atom. The number of ether oxygens (including phenoxy) is 1. The number of fused-ring (bicyclic) bond motifs is 1. The van der Waals surface area contributed by atoms with Crippen LogP contribution in [0.15, 0.2) is 22.7 Å². The highest BCUT2D eigenvalue weighted by molar-refractivity contribution is 9.10. The first-order chi connectivity index (χ1) is 8.15. The van der Waals surface area contributed by atoms with Crippen LogP contribution in [-0.4, -0.2) is 34.5 Å². The van der Waals surface area contributed by atoms with Crippen LogP contribution in [0.1, 0.15) is 5.82 Å². The molecule has 1 aromatic heterocycles. The van der Waals surface area contributed by atoms with Gasteiger partial charge >= 0.3 is 0 Å². The molecular weight excluding hydrogens is 284 g/mol. The summed E-state index contributed by atoms with van der Waals surface area (Å²) in [6.45, 7) is 2.56. The molecule has 0 amide bonds. The lowest BCUT2D eigenvalue weighted by atomic mass is 10.3. The molecule has 1 heterocycles. The number of aliphatic hydroxyl groups is 1. The quantitative estimate of drug-likeness (QED) is 0.940. The summed E-state index contributed by atoms with van der Waals surface area (Å²) in [5.74, 6) is 0.925. The van der Waals surface area contributed by atoms with Crippen LogP contribution in [-0.2, 0) is 11.3 Å². The van der Waals surface area contributed by atoms with Crippen molar-refractivity contribution in [1.82, 2.24) is 9.55 Å². The van der Waals surface area contributed by atoms with E-state index in [9.17, 15) is 5.11 Å². The number of aromatic nitrogens is 2. The Bertz CT molecular complexity index is 520. The van der Waals surface area contributed by atoms with Crippen LogP contribution in [0, 0.1) is 6.92 Å². The molecule has 0 fully saturated rings. The zero-order valence-corrected chi connectivity index (χ0v) is 11.4. The number of nitrogens with zero attached hydrogens (tertiary/aromatic N) is 2. The van der Waals surface area contributed by atoms with Gasteiger partial charge in [-0.25, -0.2) is 4.98 Å². The summed E-state index contributed by atoms with van der Waals surface area (Å²) in [5.41, 5.74) is 2.01. The van der Waals surface area contributed by atoms with Gasteiger partial charge < -0.3 is 14.4 Å². The van der Waals surface area contributed by atoms with E-state index in [1.165, 1.54) is 0 Å². The van der Waals surface area contributed by atoms with E-state index in [1.54, 1.807) is 7.11 Å². The third-order valence-corrected chi connectivity index (χ3v) is 3.32. The summed E-state index contributed by atoms with van der Waals surface area (Å²) in [5, 5.41) is 9.17. The molecule has 17 heavy (non-hydrogen) atoms. The van der Waals surface area contributed by atoms with Crippen LogP contribution in [0.2, 0.25) is 0 Å². The van der Waals surface area contributed by atoms with Gasteiger partial charge in [-0.05, 0) is 25.1 Å². The van der Waals surface area contributed by atoms with Crippen LogP contribution in [0.4, 0.5) is 0 Å². The zero-order valence-electron chi connectivity index (χ0n) is 9.85. The standard InChI is InChI=1S/C12H15BrN2O2/c1-8-14-11-4-3-9(13)5-12(11)15(8)6-10(7-16)17-2/h3-5,10,16H,6-7H2,1-2H3. The molecule has 92 valence electrons. The molecule has 0 aliphatic heterocycles. The van der Waals surface area contributed by atoms with Gasteiger partial charge in [-0.3, -0.25) is 0 Å². The van der Waals surface area contributed by atoms with Crippen molar-refractivity contribution < 1.29 is 9.84 Å². The summed E-state index contributed by atoms with van der Waals surface area (Å²) >= 11 is 3.45. The molecule has 4 nitrogen and oxygen atoms in total. The Morgan fingerprint density at radius 3 is 2.94 bits per heavy atom. The lowest BCUT2D eigenvalue weighted by molar-refractivity contribution is 0.0376. The van der Waals surface area contributed by atoms with Gasteiger partial charge in [0, 0.05) is 11.6 Å². The lowest BCUT2D eigenvalue weighted by Crippen LogP contribution is -2.23. The average Bonchev–Trinajstić information content (AvgIpc) is 2.62. The fraction of sp³-hybridized carbons (Fsp3) is 0.417. The largest absolute Gasteiger partial charge is 0.394 e. The minimum absolute atomic E-state index is 0.00359. The maximum absolute atomic E-state index is 9.17. The number of methoxy groups -OCH3 is 1. The van der Waals surface area contributed by atoms with E-state index in [1.807, 2.05) is 25.1 Å². The van der Waals surface area contributed by atoms with Crippen LogP contribution in [0.25, 0.3) is 11.0 Å². The molecule has 1 atom stereocenters. The van der Waals surface area contributed by atoms with E-state index < -0.39 is 0 Å². The third kappa shape index (κ3) is 2.51. The van der Waals surface area contributed by atoms with Gasteiger partial charge in [0.25, 0.3) is 0 Å². The number of halogens is 1. The van der Waals surface area contributed by atoms with Crippen LogP contribution < -0.4 is 0 Å². The van der Waals surface area contributed by atoms with Crippen molar-refractivity contribution in [2.75, 3.05) is 13.7 Å². The predicted octanol–water partition coefficient (Wildman–Crippen LogP) is 2.11. The molecule has 1 aromatic carbocycles. The molecule has 1 unspecified atom stereocenters. The van der Waals surface area contributed by atoms with Gasteiger partial charge in [0.1, 0.15) is 5.82 Å². The van der Waals surface area contributed by atoms with Gasteiger partial charge in [-0.1, -0.05) is 15.9 Å². The van der Waals surface area contributed by atoms with Crippen molar-refractivity contribution in [2.45, 2.75) is 19.6 Å². The van der Waals surface area contributed by atoms with Gasteiger partial charge in [0.2, 0.25) is 0 Å². The number of benzene rings is 1. The molecule has 2 aromatic rings. The van der Waals surface area contributed by atoms with Crippen LogP contribution in [0.3, 0.4) is 0 Å². The van der Waals surface area contributed by atoms with Crippen molar-refractivity contribution in [2.24, 2.45) is 0 Å². The molecule has 2 rings (SSSR count). The van der Waals surface area contributed by atoms with E-state index in [4.69, 9.17) is 4.74 Å². The molecule has 0 radical (unpaired) electrons. The van der Waals surface area contributed by atoms with Gasteiger partial charge in [0.15, 0.2) is 0 Å². The molecule has 5 heteroatoms. The fourth-order valence-corrected chi connectivity index (χ4v) is 2.21. The molecule has 0 bridgehead atoms. The van der Waals surface area contributed by atoms with Crippen molar-refractivity contribution in [3.8, 4) is 0 Å². The summed E-state index contributed by atoms with van der Waals surface area (Å²) in [4.78, 5) is 4.48. The van der Waals surface area contributed by atoms with Crippen molar-refractivity contribution >= 4 is 27.0 Å². The minimum atomic E-state index is -0.204. The number of aliphatic hydroxyl groups excluding tert-OH is 1. The second-order valence-electron chi connectivity index (χ2n) is 3.94. The second kappa shape index (κ2) is 5.16. The van der Waals surface area contributed by atoms with E-state index in [0.29, 0.717) is 6.54 Å². The minimum Gasteiger partial charge on any atom is -0.394 e. The van der Waals surface area contributed by atoms with Crippen molar-refractivity contribution in [1.29, 1.82) is 0 Å². The van der Waals surface area contributed by atoms with Gasteiger partial charge in [-0.2, -0.15) is 0 Å². The number of hydrogen-bond acceptors (Lipinski definition) is 3. The summed E-state index contributed by atoms with van der Waals surface area (Å²) < 4.78 is 8.27. The first-order valence-electron chi connectivity index (χ1n) is 5.41. The number of imidazole rings is 1. The Labute approximate surface area is 108 Å². The lowest BCUT2D eigenvalue weighted by Gasteiger charge is -2.14. The van der Waals surface area contributed by atoms with Crippen molar-refractivity contribution in [3.63, 3.8) is 0 Å². The Kier molecular flexibility index (Phi) is 3.81. The third-order valence-electron chi connectivity index (χ3n) is 2.82. The highest BCUT2D eigenvalue weighted by Gasteiger charge is 2.12. The molecular formula is C12H15BrN2O2. The van der Waals surface area contributed by atoms with E-state index in [0.717, 1.165) is 21.3 Å². The van der Waals surface area contributed by atoms with Gasteiger partial charge in [-0.15, -0.1) is 0 Å². The SMILES string of the molecule is COC(CO)Cn1c(C)nc2ccc(Br)cc21. The smallest absolute Gasteiger partial charge is 0.106 e. The Morgan fingerprint density at radius 2 is 2.29 bits per heavy atom. The van der Waals surface area contributed by atoms with Crippen molar-refractivity contribution in [3.05, 3.63) is 28.5 Å². The first-order valence-corrected chi connectivity index (χ1v) is 6.21. The number of hydrogen-bond donors (Lipinski definition) is 1. The Hall–Kier alpha value is -0.910.